The van der Waals surface area contributed by atoms with Crippen molar-refractivity contribution in [3.05, 3.63) is 63.3 Å². The molecular formula is C24H31FN4O2. The number of halogens is 1. The highest BCUT2D eigenvalue weighted by atomic mass is 19.1. The Morgan fingerprint density at radius 1 is 1.16 bits per heavy atom. The number of hydrogen-bond donors (Lipinski definition) is 2. The molecule has 0 spiro atoms. The van der Waals surface area contributed by atoms with Crippen molar-refractivity contribution in [2.75, 3.05) is 38.1 Å². The van der Waals surface area contributed by atoms with E-state index in [1.54, 1.807) is 6.07 Å². The largest absolute Gasteiger partial charge is 0.371 e. The highest BCUT2D eigenvalue weighted by Crippen LogP contribution is 2.31. The first kappa shape index (κ1) is 21.6. The topological polar surface area (TPSA) is 68.4 Å². The monoisotopic (exact) mass is 426 g/mol. The smallest absolute Gasteiger partial charge is 0.253 e. The molecule has 2 N–H and O–H groups in total. The Balaban J connectivity index is 1.34. The predicted molar refractivity (Wildman–Crippen MR) is 120 cm³/mol. The molecule has 3 heterocycles. The molecule has 2 aliphatic heterocycles. The average molecular weight is 427 g/mol. The maximum atomic E-state index is 14.3. The molecule has 1 unspecified atom stereocenters. The highest BCUT2D eigenvalue weighted by Gasteiger charge is 2.32. The summed E-state index contributed by atoms with van der Waals surface area (Å²) in [6, 6.07) is 9.41. The molecule has 1 aromatic carbocycles. The fraction of sp³-hybridized carbons (Fsp3) is 0.500. The van der Waals surface area contributed by atoms with Gasteiger partial charge in [0.2, 0.25) is 0 Å². The molecule has 1 atom stereocenters. The van der Waals surface area contributed by atoms with E-state index in [9.17, 15) is 14.0 Å². The standard InChI is InChI=1S/C24H31FN4O2/c1-3-16-4-7-22(27-23(16)30)17-8-11-29(15-17)18-9-12-28(13-10-18)19-5-6-20(21(25)14-19)24(31)26-2/h4-7,14,17-18H,3,8-13,15H2,1-2H3,(H,26,31)(H,27,30). The summed E-state index contributed by atoms with van der Waals surface area (Å²) in [6.45, 7) is 5.75. The lowest BCUT2D eigenvalue weighted by Gasteiger charge is -2.38. The summed E-state index contributed by atoms with van der Waals surface area (Å²) >= 11 is 0. The molecule has 2 fully saturated rings. The molecule has 0 radical (unpaired) electrons. The van der Waals surface area contributed by atoms with Crippen molar-refractivity contribution in [1.82, 2.24) is 15.2 Å². The van der Waals surface area contributed by atoms with Crippen LogP contribution < -0.4 is 15.8 Å². The van der Waals surface area contributed by atoms with E-state index in [4.69, 9.17) is 0 Å². The summed E-state index contributed by atoms with van der Waals surface area (Å²) in [5.41, 5.74) is 2.84. The van der Waals surface area contributed by atoms with Crippen molar-refractivity contribution in [1.29, 1.82) is 0 Å². The van der Waals surface area contributed by atoms with Gasteiger partial charge in [-0.2, -0.15) is 0 Å². The number of nitrogens with one attached hydrogen (secondary N) is 2. The molecule has 7 heteroatoms. The van der Waals surface area contributed by atoms with Crippen molar-refractivity contribution in [2.24, 2.45) is 0 Å². The van der Waals surface area contributed by atoms with Gasteiger partial charge >= 0.3 is 0 Å². The zero-order valence-corrected chi connectivity index (χ0v) is 18.3. The number of aromatic nitrogens is 1. The molecule has 2 aliphatic rings. The number of piperidine rings is 1. The third kappa shape index (κ3) is 4.51. The third-order valence-corrected chi connectivity index (χ3v) is 6.82. The Morgan fingerprint density at radius 3 is 2.58 bits per heavy atom. The summed E-state index contributed by atoms with van der Waals surface area (Å²) in [5.74, 6) is -0.510. The Hall–Kier alpha value is -2.67. The maximum Gasteiger partial charge on any atom is 0.253 e. The normalized spacial score (nSPS) is 20.2. The molecule has 1 aromatic heterocycles. The van der Waals surface area contributed by atoms with Crippen LogP contribution in [0.1, 0.15) is 53.7 Å². The van der Waals surface area contributed by atoms with Crippen LogP contribution >= 0.6 is 0 Å². The van der Waals surface area contributed by atoms with Gasteiger partial charge in [0.1, 0.15) is 5.82 Å². The summed E-state index contributed by atoms with van der Waals surface area (Å²) in [7, 11) is 1.50. The summed E-state index contributed by atoms with van der Waals surface area (Å²) in [4.78, 5) is 31.7. The van der Waals surface area contributed by atoms with Gasteiger partial charge in [0.15, 0.2) is 0 Å². The van der Waals surface area contributed by atoms with E-state index in [1.807, 2.05) is 19.1 Å². The Kier molecular flexibility index (Phi) is 6.41. The molecule has 2 saturated heterocycles. The fourth-order valence-corrected chi connectivity index (χ4v) is 4.92. The fourth-order valence-electron chi connectivity index (χ4n) is 4.92. The number of likely N-dealkylation sites (tertiary alicyclic amines) is 1. The lowest BCUT2D eigenvalue weighted by Crippen LogP contribution is -2.44. The average Bonchev–Trinajstić information content (AvgIpc) is 3.29. The summed E-state index contributed by atoms with van der Waals surface area (Å²) in [6.07, 6.45) is 3.87. The number of aromatic amines is 1. The quantitative estimate of drug-likeness (QED) is 0.772. The van der Waals surface area contributed by atoms with Crippen molar-refractivity contribution in [2.45, 2.75) is 44.6 Å². The van der Waals surface area contributed by atoms with E-state index in [1.165, 1.54) is 13.1 Å². The second kappa shape index (κ2) is 9.22. The number of aryl methyl sites for hydroxylation is 1. The SMILES string of the molecule is CCc1ccc(C2CCN(C3CCN(c4ccc(C(=O)NC)c(F)c4)CC3)C2)[nH]c1=O. The molecule has 31 heavy (non-hydrogen) atoms. The van der Waals surface area contributed by atoms with Gasteiger partial charge in [0.25, 0.3) is 11.5 Å². The van der Waals surface area contributed by atoms with Gasteiger partial charge in [-0.15, -0.1) is 0 Å². The van der Waals surface area contributed by atoms with Crippen LogP contribution in [0.25, 0.3) is 0 Å². The van der Waals surface area contributed by atoms with Crippen LogP contribution in [-0.4, -0.2) is 55.1 Å². The van der Waals surface area contributed by atoms with Crippen LogP contribution in [0.15, 0.2) is 35.1 Å². The number of hydrogen-bond acceptors (Lipinski definition) is 4. The molecule has 1 amide bonds. The number of amides is 1. The Bertz CT molecular complexity index is 997. The molecule has 0 saturated carbocycles. The first-order valence-corrected chi connectivity index (χ1v) is 11.2. The zero-order chi connectivity index (χ0) is 22.0. The van der Waals surface area contributed by atoms with E-state index in [0.29, 0.717) is 12.0 Å². The predicted octanol–water partition coefficient (Wildman–Crippen LogP) is 2.89. The highest BCUT2D eigenvalue weighted by molar-refractivity contribution is 5.94. The number of benzene rings is 1. The van der Waals surface area contributed by atoms with E-state index < -0.39 is 11.7 Å². The lowest BCUT2D eigenvalue weighted by atomic mass is 10.0. The zero-order valence-electron chi connectivity index (χ0n) is 18.3. The number of nitrogens with zero attached hydrogens (tertiary/aromatic N) is 2. The van der Waals surface area contributed by atoms with Crippen molar-refractivity contribution >= 4 is 11.6 Å². The second-order valence-electron chi connectivity index (χ2n) is 8.56. The van der Waals surface area contributed by atoms with Crippen molar-refractivity contribution in [3.63, 3.8) is 0 Å². The van der Waals surface area contributed by atoms with Crippen LogP contribution in [0, 0.1) is 5.82 Å². The summed E-state index contributed by atoms with van der Waals surface area (Å²) < 4.78 is 14.3. The van der Waals surface area contributed by atoms with Gasteiger partial charge in [-0.25, -0.2) is 4.39 Å². The van der Waals surface area contributed by atoms with Crippen molar-refractivity contribution in [3.8, 4) is 0 Å². The molecule has 6 nitrogen and oxygen atoms in total. The first-order chi connectivity index (χ1) is 15.0. The van der Waals surface area contributed by atoms with E-state index >= 15 is 0 Å². The number of rotatable bonds is 5. The minimum absolute atomic E-state index is 0.0430. The van der Waals surface area contributed by atoms with Crippen LogP contribution in [0.2, 0.25) is 0 Å². The second-order valence-corrected chi connectivity index (χ2v) is 8.56. The van der Waals surface area contributed by atoms with Crippen LogP contribution in [0.4, 0.5) is 10.1 Å². The van der Waals surface area contributed by atoms with E-state index in [-0.39, 0.29) is 11.1 Å². The van der Waals surface area contributed by atoms with Gasteiger partial charge in [-0.1, -0.05) is 13.0 Å². The van der Waals surface area contributed by atoms with Crippen LogP contribution in [0.3, 0.4) is 0 Å². The number of carbonyl (C=O) groups excluding carboxylic acids is 1. The van der Waals surface area contributed by atoms with Gasteiger partial charge in [-0.05, 0) is 56.5 Å². The molecule has 4 rings (SSSR count). The summed E-state index contributed by atoms with van der Waals surface area (Å²) in [5, 5.41) is 2.46. The van der Waals surface area contributed by atoms with Crippen molar-refractivity contribution < 1.29 is 9.18 Å². The first-order valence-electron chi connectivity index (χ1n) is 11.2. The van der Waals surface area contributed by atoms with Gasteiger partial charge in [0, 0.05) is 55.6 Å². The Labute approximate surface area is 182 Å². The number of pyridine rings is 1. The Morgan fingerprint density at radius 2 is 1.94 bits per heavy atom. The number of anilines is 1. The van der Waals surface area contributed by atoms with E-state index in [2.05, 4.69) is 26.2 Å². The van der Waals surface area contributed by atoms with Gasteiger partial charge in [-0.3, -0.25) is 14.5 Å². The minimum Gasteiger partial charge on any atom is -0.371 e. The molecule has 2 aromatic rings. The maximum absolute atomic E-state index is 14.3. The lowest BCUT2D eigenvalue weighted by molar-refractivity contribution is 0.0959. The van der Waals surface area contributed by atoms with Crippen LogP contribution in [0.5, 0.6) is 0 Å². The van der Waals surface area contributed by atoms with E-state index in [0.717, 1.165) is 68.8 Å². The molecule has 0 aliphatic carbocycles. The van der Waals surface area contributed by atoms with Crippen LogP contribution in [-0.2, 0) is 6.42 Å². The number of H-pyrrole nitrogens is 1. The molecular weight excluding hydrogens is 395 g/mol. The van der Waals surface area contributed by atoms with Gasteiger partial charge in [0.05, 0.1) is 5.56 Å². The third-order valence-electron chi connectivity index (χ3n) is 6.82. The molecule has 166 valence electrons. The number of carbonyl (C=O) groups is 1. The van der Waals surface area contributed by atoms with Gasteiger partial charge < -0.3 is 15.2 Å². The molecule has 0 bridgehead atoms. The minimum atomic E-state index is -0.482.